The maximum atomic E-state index is 11.4. The molecule has 4 N–H and O–H groups in total. The molecule has 6 aliphatic rings. The summed E-state index contributed by atoms with van der Waals surface area (Å²) in [6, 6.07) is 12.0. The number of fused-ring (bicyclic) bond motifs is 3. The van der Waals surface area contributed by atoms with Crippen LogP contribution in [0.25, 0.3) is 11.3 Å². The van der Waals surface area contributed by atoms with Crippen molar-refractivity contribution in [3.8, 4) is 17.0 Å². The maximum absolute atomic E-state index is 11.4. The number of nitrogens with two attached hydrogens (primary N) is 1. The van der Waals surface area contributed by atoms with Gasteiger partial charge in [-0.3, -0.25) is 9.69 Å². The van der Waals surface area contributed by atoms with E-state index in [1.54, 1.807) is 6.07 Å². The van der Waals surface area contributed by atoms with Gasteiger partial charge in [-0.2, -0.15) is 0 Å². The first-order valence-electron chi connectivity index (χ1n) is 16.6. The molecule has 43 heavy (non-hydrogen) atoms. The smallest absolute Gasteiger partial charge is 0.220 e. The third-order valence-electron chi connectivity index (χ3n) is 11.9. The molecular weight excluding hydrogens is 540 g/mol. The van der Waals surface area contributed by atoms with Crippen molar-refractivity contribution >= 4 is 17.4 Å². The second kappa shape index (κ2) is 10.9. The van der Waals surface area contributed by atoms with Crippen molar-refractivity contribution in [3.05, 3.63) is 30.3 Å². The molecule has 8 rings (SSSR count). The number of aromatic nitrogens is 2. The number of nitrogens with zero attached hydrogens (tertiary/aromatic N) is 6. The summed E-state index contributed by atoms with van der Waals surface area (Å²) >= 11 is 0. The summed E-state index contributed by atoms with van der Waals surface area (Å²) in [4.78, 5) is 22.2. The van der Waals surface area contributed by atoms with Crippen LogP contribution in [0.5, 0.6) is 5.75 Å². The molecule has 2 aromatic rings. The zero-order chi connectivity index (χ0) is 29.1. The Hall–Kier alpha value is -2.95. The number of rotatable bonds is 5. The van der Waals surface area contributed by atoms with Crippen LogP contribution in [0.2, 0.25) is 0 Å². The van der Waals surface area contributed by atoms with Crippen molar-refractivity contribution < 1.29 is 9.90 Å². The summed E-state index contributed by atoms with van der Waals surface area (Å²) < 4.78 is 0. The number of likely N-dealkylation sites (tertiary alicyclic amines) is 2. The molecule has 5 heterocycles. The molecule has 4 aliphatic heterocycles. The van der Waals surface area contributed by atoms with Crippen LogP contribution in [0.1, 0.15) is 51.4 Å². The van der Waals surface area contributed by atoms with E-state index in [0.29, 0.717) is 23.2 Å². The Bertz CT molecular complexity index is 1340. The first-order valence-corrected chi connectivity index (χ1v) is 16.6. The number of anilines is 2. The number of amides is 1. The van der Waals surface area contributed by atoms with Gasteiger partial charge in [0.15, 0.2) is 5.82 Å². The van der Waals surface area contributed by atoms with Crippen molar-refractivity contribution in [3.63, 3.8) is 0 Å². The van der Waals surface area contributed by atoms with E-state index in [1.807, 2.05) is 18.2 Å². The number of nitrogens with one attached hydrogen (secondary N) is 1. The zero-order valence-electron chi connectivity index (χ0n) is 25.2. The minimum atomic E-state index is -0.0896. The fourth-order valence-electron chi connectivity index (χ4n) is 9.42. The van der Waals surface area contributed by atoms with Crippen LogP contribution in [0.4, 0.5) is 11.5 Å². The average Bonchev–Trinajstić information content (AvgIpc) is 2.99. The van der Waals surface area contributed by atoms with Crippen LogP contribution in [0.15, 0.2) is 30.3 Å². The molecule has 1 aromatic carbocycles. The second-order valence-corrected chi connectivity index (χ2v) is 14.3. The van der Waals surface area contributed by atoms with Gasteiger partial charge in [-0.1, -0.05) is 12.1 Å². The Labute approximate surface area is 254 Å². The third-order valence-corrected chi connectivity index (χ3v) is 11.9. The summed E-state index contributed by atoms with van der Waals surface area (Å²) in [5.74, 6) is 1.14. The number of carbonyl (C=O) groups is 1. The number of phenolic OH excluding ortho intramolecular Hbond substituents is 1. The summed E-state index contributed by atoms with van der Waals surface area (Å²) in [5.41, 5.74) is 8.50. The van der Waals surface area contributed by atoms with Crippen molar-refractivity contribution in [2.24, 2.45) is 17.1 Å². The highest BCUT2D eigenvalue weighted by Crippen LogP contribution is 2.60. The largest absolute Gasteiger partial charge is 0.507 e. The Balaban J connectivity index is 0.811. The van der Waals surface area contributed by atoms with Gasteiger partial charge in [0, 0.05) is 55.8 Å². The molecule has 2 aliphatic carbocycles. The van der Waals surface area contributed by atoms with Crippen molar-refractivity contribution in [1.29, 1.82) is 0 Å². The SMILES string of the molecule is NC(=O)C1CC2(C1)CC(N1CCC(N3CCC(N4CCN5c6cc(-c7ccccc7O)nnc6NC[C@H]5C4)CC3)CC1)C2. The molecule has 0 bridgehead atoms. The monoisotopic (exact) mass is 586 g/mol. The predicted octanol–water partition coefficient (Wildman–Crippen LogP) is 2.74. The molecule has 1 spiro atoms. The average molecular weight is 587 g/mol. The van der Waals surface area contributed by atoms with Gasteiger partial charge in [0.05, 0.1) is 17.4 Å². The molecule has 5 fully saturated rings. The number of primary amides is 1. The Morgan fingerprint density at radius 2 is 1.51 bits per heavy atom. The number of hydrogen-bond donors (Lipinski definition) is 3. The van der Waals surface area contributed by atoms with Crippen LogP contribution >= 0.6 is 0 Å². The quantitative estimate of drug-likeness (QED) is 0.487. The van der Waals surface area contributed by atoms with E-state index in [9.17, 15) is 9.90 Å². The summed E-state index contributed by atoms with van der Waals surface area (Å²) in [7, 11) is 0. The Morgan fingerprint density at radius 3 is 2.21 bits per heavy atom. The number of piperazine rings is 1. The second-order valence-electron chi connectivity index (χ2n) is 14.3. The fraction of sp³-hybridized carbons (Fsp3) is 0.667. The van der Waals surface area contributed by atoms with Gasteiger partial charge in [-0.25, -0.2) is 0 Å². The van der Waals surface area contributed by atoms with E-state index in [1.165, 1.54) is 64.7 Å². The number of benzene rings is 1. The van der Waals surface area contributed by atoms with Gasteiger partial charge in [0.1, 0.15) is 5.75 Å². The molecule has 10 heteroatoms. The maximum Gasteiger partial charge on any atom is 0.220 e. The lowest BCUT2D eigenvalue weighted by Gasteiger charge is -2.60. The number of phenols is 1. The van der Waals surface area contributed by atoms with Gasteiger partial charge < -0.3 is 30.9 Å². The fourth-order valence-corrected chi connectivity index (χ4v) is 9.42. The van der Waals surface area contributed by atoms with Gasteiger partial charge in [0.25, 0.3) is 0 Å². The van der Waals surface area contributed by atoms with E-state index in [-0.39, 0.29) is 17.6 Å². The molecule has 2 saturated carbocycles. The van der Waals surface area contributed by atoms with E-state index in [2.05, 4.69) is 41.2 Å². The molecule has 10 nitrogen and oxygen atoms in total. The number of hydrogen-bond acceptors (Lipinski definition) is 9. The van der Waals surface area contributed by atoms with Crippen molar-refractivity contribution in [2.75, 3.05) is 62.6 Å². The molecule has 0 radical (unpaired) electrons. The van der Waals surface area contributed by atoms with Crippen LogP contribution in [-0.2, 0) is 4.79 Å². The summed E-state index contributed by atoms with van der Waals surface area (Å²) in [5, 5.41) is 22.8. The molecule has 3 saturated heterocycles. The summed E-state index contributed by atoms with van der Waals surface area (Å²) in [6.45, 7) is 8.96. The first kappa shape index (κ1) is 27.6. The highest BCUT2D eigenvalue weighted by molar-refractivity contribution is 5.78. The normalized spacial score (nSPS) is 32.4. The number of para-hydroxylation sites is 1. The molecular formula is C33H46N8O2. The Morgan fingerprint density at radius 1 is 0.837 bits per heavy atom. The molecule has 0 unspecified atom stereocenters. The lowest BCUT2D eigenvalue weighted by molar-refractivity contribution is -0.141. The van der Waals surface area contributed by atoms with Gasteiger partial charge in [-0.05, 0) is 101 Å². The molecule has 1 amide bonds. The first-order chi connectivity index (χ1) is 20.9. The zero-order valence-corrected chi connectivity index (χ0v) is 25.2. The van der Waals surface area contributed by atoms with E-state index >= 15 is 0 Å². The topological polar surface area (TPSA) is 114 Å². The highest BCUT2D eigenvalue weighted by atomic mass is 16.3. The lowest BCUT2D eigenvalue weighted by Crippen LogP contribution is -2.62. The summed E-state index contributed by atoms with van der Waals surface area (Å²) in [6.07, 6.45) is 9.79. The molecule has 1 atom stereocenters. The minimum Gasteiger partial charge on any atom is -0.507 e. The molecule has 1 aromatic heterocycles. The number of piperidine rings is 2. The number of aromatic hydroxyl groups is 1. The van der Waals surface area contributed by atoms with Crippen LogP contribution in [-0.4, -0.2) is 112 Å². The Kier molecular flexibility index (Phi) is 6.99. The standard InChI is InChI=1S/C33H46N8O2/c34-31(43)22-16-33(17-22)18-25(19-33)39-11-5-23(6-12-39)38-9-7-24(8-10-38)40-13-14-41-26(21-40)20-35-32-29(41)15-28(36-37-32)27-3-1-2-4-30(27)42/h1-4,15,22-26,42H,5-14,16-21H2,(H2,34,43)(H,35,37)/t22?,25?,26-,33?/m0/s1. The van der Waals surface area contributed by atoms with Crippen LogP contribution in [0, 0.1) is 11.3 Å². The number of carbonyl (C=O) groups excluding carboxylic acids is 1. The minimum absolute atomic E-state index is 0.0896. The van der Waals surface area contributed by atoms with Crippen molar-refractivity contribution in [1.82, 2.24) is 24.9 Å². The van der Waals surface area contributed by atoms with Gasteiger partial charge in [0.2, 0.25) is 5.91 Å². The van der Waals surface area contributed by atoms with E-state index in [0.717, 1.165) is 68.2 Å². The lowest BCUT2D eigenvalue weighted by atomic mass is 9.49. The predicted molar refractivity (Wildman–Crippen MR) is 167 cm³/mol. The third kappa shape index (κ3) is 5.05. The van der Waals surface area contributed by atoms with Gasteiger partial charge in [-0.15, -0.1) is 10.2 Å². The van der Waals surface area contributed by atoms with Crippen LogP contribution in [0.3, 0.4) is 0 Å². The van der Waals surface area contributed by atoms with E-state index < -0.39 is 0 Å². The van der Waals surface area contributed by atoms with Gasteiger partial charge >= 0.3 is 0 Å². The highest BCUT2D eigenvalue weighted by Gasteiger charge is 2.55. The molecule has 230 valence electrons. The van der Waals surface area contributed by atoms with E-state index in [4.69, 9.17) is 5.73 Å². The van der Waals surface area contributed by atoms with Crippen molar-refractivity contribution in [2.45, 2.75) is 75.5 Å². The van der Waals surface area contributed by atoms with Crippen LogP contribution < -0.4 is 16.0 Å².